The predicted molar refractivity (Wildman–Crippen MR) is 86.4 cm³/mol. The van der Waals surface area contributed by atoms with Gasteiger partial charge < -0.3 is 4.74 Å². The van der Waals surface area contributed by atoms with Crippen LogP contribution in [0.3, 0.4) is 0 Å². The van der Waals surface area contributed by atoms with Gasteiger partial charge in [0.1, 0.15) is 0 Å². The van der Waals surface area contributed by atoms with Crippen molar-refractivity contribution in [2.75, 3.05) is 20.3 Å². The van der Waals surface area contributed by atoms with Crippen LogP contribution in [0, 0.1) is 6.92 Å². The molecule has 0 aliphatic carbocycles. The normalized spacial score (nSPS) is 20.0. The highest BCUT2D eigenvalue weighted by molar-refractivity contribution is 5.16. The number of aryl methyl sites for hydroxylation is 1. The van der Waals surface area contributed by atoms with Gasteiger partial charge >= 0.3 is 0 Å². The van der Waals surface area contributed by atoms with Crippen molar-refractivity contribution in [3.63, 3.8) is 0 Å². The summed E-state index contributed by atoms with van der Waals surface area (Å²) in [6.45, 7) is 8.63. The van der Waals surface area contributed by atoms with Crippen LogP contribution >= 0.6 is 0 Å². The van der Waals surface area contributed by atoms with Crippen LogP contribution in [0.2, 0.25) is 0 Å². The van der Waals surface area contributed by atoms with Crippen LogP contribution in [0.4, 0.5) is 0 Å². The van der Waals surface area contributed by atoms with Gasteiger partial charge in [0.2, 0.25) is 0 Å². The average molecular weight is 293 g/mol. The molecule has 4 nitrogen and oxygen atoms in total. The maximum Gasteiger partial charge on any atom is 0.0537 e. The lowest BCUT2D eigenvalue weighted by atomic mass is 9.97. The van der Waals surface area contributed by atoms with Crippen LogP contribution in [-0.2, 0) is 17.8 Å². The quantitative estimate of drug-likeness (QED) is 0.688. The third-order valence-electron chi connectivity index (χ3n) is 4.65. The van der Waals surface area contributed by atoms with E-state index in [4.69, 9.17) is 4.74 Å². The molecule has 0 unspecified atom stereocenters. The molecule has 0 N–H and O–H groups in total. The molecule has 2 heterocycles. The van der Waals surface area contributed by atoms with E-state index in [1.54, 1.807) is 7.11 Å². The number of methoxy groups -OCH3 is 1. The molecule has 1 atom stereocenters. The molecule has 0 bridgehead atoms. The van der Waals surface area contributed by atoms with E-state index in [1.807, 2.05) is 0 Å². The Morgan fingerprint density at radius 1 is 1.38 bits per heavy atom. The maximum absolute atomic E-state index is 5.20. The topological polar surface area (TPSA) is 30.3 Å². The summed E-state index contributed by atoms with van der Waals surface area (Å²) in [6, 6.07) is 0.725. The zero-order chi connectivity index (χ0) is 15.1. The van der Waals surface area contributed by atoms with Gasteiger partial charge in [-0.05, 0) is 45.6 Å². The second-order valence-corrected chi connectivity index (χ2v) is 6.23. The molecule has 1 aromatic heterocycles. The molecule has 1 aromatic rings. The van der Waals surface area contributed by atoms with E-state index >= 15 is 0 Å². The molecule has 0 spiro atoms. The summed E-state index contributed by atoms with van der Waals surface area (Å²) in [7, 11) is 1.80. The number of hydrogen-bond acceptors (Lipinski definition) is 3. The van der Waals surface area contributed by atoms with Crippen LogP contribution in [0.1, 0.15) is 56.7 Å². The van der Waals surface area contributed by atoms with Crippen molar-refractivity contribution in [1.29, 1.82) is 0 Å². The molecule has 0 radical (unpaired) electrons. The van der Waals surface area contributed by atoms with E-state index in [0.717, 1.165) is 32.2 Å². The first-order valence-electron chi connectivity index (χ1n) is 8.50. The molecule has 0 aromatic carbocycles. The Bertz CT molecular complexity index is 416. The fourth-order valence-corrected chi connectivity index (χ4v) is 3.35. The van der Waals surface area contributed by atoms with E-state index in [9.17, 15) is 0 Å². The smallest absolute Gasteiger partial charge is 0.0537 e. The Morgan fingerprint density at radius 2 is 2.24 bits per heavy atom. The van der Waals surface area contributed by atoms with Crippen molar-refractivity contribution in [2.24, 2.45) is 0 Å². The summed E-state index contributed by atoms with van der Waals surface area (Å²) >= 11 is 0. The number of hydrogen-bond donors (Lipinski definition) is 0. The van der Waals surface area contributed by atoms with E-state index in [2.05, 4.69) is 34.7 Å². The Kier molecular flexibility index (Phi) is 6.71. The van der Waals surface area contributed by atoms with E-state index in [0.29, 0.717) is 0 Å². The molecule has 120 valence electrons. The molecule has 0 amide bonds. The van der Waals surface area contributed by atoms with Gasteiger partial charge in [0.15, 0.2) is 0 Å². The van der Waals surface area contributed by atoms with Crippen molar-refractivity contribution in [3.8, 4) is 0 Å². The molecule has 0 saturated carbocycles. The highest BCUT2D eigenvalue weighted by Crippen LogP contribution is 2.24. The number of nitrogens with zero attached hydrogens (tertiary/aromatic N) is 3. The van der Waals surface area contributed by atoms with Crippen LogP contribution in [0.5, 0.6) is 0 Å². The third kappa shape index (κ3) is 4.55. The molecular formula is C17H31N3O. The van der Waals surface area contributed by atoms with Gasteiger partial charge in [-0.3, -0.25) is 9.58 Å². The zero-order valence-electron chi connectivity index (χ0n) is 14.0. The van der Waals surface area contributed by atoms with E-state index < -0.39 is 0 Å². The number of piperidine rings is 1. The predicted octanol–water partition coefficient (Wildman–Crippen LogP) is 3.38. The summed E-state index contributed by atoms with van der Waals surface area (Å²) in [6.07, 6.45) is 9.70. The highest BCUT2D eigenvalue weighted by atomic mass is 16.5. The highest BCUT2D eigenvalue weighted by Gasteiger charge is 2.23. The minimum absolute atomic E-state index is 0.725. The first-order chi connectivity index (χ1) is 10.3. The van der Waals surface area contributed by atoms with Crippen molar-refractivity contribution < 1.29 is 4.74 Å². The molecule has 1 fully saturated rings. The molecule has 1 aliphatic heterocycles. The Morgan fingerprint density at radius 3 is 3.00 bits per heavy atom. The van der Waals surface area contributed by atoms with Crippen LogP contribution < -0.4 is 0 Å². The SMILES string of the molecule is CCCn1ncc(CN2CCCC[C@@H]2CCCOC)c1C. The van der Waals surface area contributed by atoms with Gasteiger partial charge in [-0.15, -0.1) is 0 Å². The van der Waals surface area contributed by atoms with Crippen LogP contribution in [0.15, 0.2) is 6.20 Å². The fraction of sp³-hybridized carbons (Fsp3) is 0.824. The van der Waals surface area contributed by atoms with Crippen LogP contribution in [-0.4, -0.2) is 41.0 Å². The lowest BCUT2D eigenvalue weighted by Crippen LogP contribution is -2.39. The number of aromatic nitrogens is 2. The van der Waals surface area contributed by atoms with Crippen LogP contribution in [0.25, 0.3) is 0 Å². The largest absolute Gasteiger partial charge is 0.385 e. The molecular weight excluding hydrogens is 262 g/mol. The second kappa shape index (κ2) is 8.54. The van der Waals surface area contributed by atoms with E-state index in [-0.39, 0.29) is 0 Å². The third-order valence-corrected chi connectivity index (χ3v) is 4.65. The molecule has 1 saturated heterocycles. The lowest BCUT2D eigenvalue weighted by molar-refractivity contribution is 0.116. The van der Waals surface area contributed by atoms with Gasteiger partial charge in [0.05, 0.1) is 6.20 Å². The minimum Gasteiger partial charge on any atom is -0.385 e. The van der Waals surface area contributed by atoms with Crippen molar-refractivity contribution in [3.05, 3.63) is 17.5 Å². The van der Waals surface area contributed by atoms with Gasteiger partial charge in [-0.2, -0.15) is 5.10 Å². The molecule has 1 aliphatic rings. The van der Waals surface area contributed by atoms with Crippen molar-refractivity contribution >= 4 is 0 Å². The maximum atomic E-state index is 5.20. The summed E-state index contributed by atoms with van der Waals surface area (Å²) in [5.41, 5.74) is 2.75. The Balaban J connectivity index is 1.95. The first-order valence-corrected chi connectivity index (χ1v) is 8.50. The summed E-state index contributed by atoms with van der Waals surface area (Å²) in [5, 5.41) is 4.54. The first kappa shape index (κ1) is 16.5. The van der Waals surface area contributed by atoms with E-state index in [1.165, 1.54) is 49.9 Å². The van der Waals surface area contributed by atoms with Gasteiger partial charge in [0.25, 0.3) is 0 Å². The Hall–Kier alpha value is -0.870. The minimum atomic E-state index is 0.725. The monoisotopic (exact) mass is 293 g/mol. The van der Waals surface area contributed by atoms with Gasteiger partial charge in [0, 0.05) is 44.1 Å². The summed E-state index contributed by atoms with van der Waals surface area (Å²) in [4.78, 5) is 2.67. The van der Waals surface area contributed by atoms with Gasteiger partial charge in [-0.1, -0.05) is 13.3 Å². The molecule has 2 rings (SSSR count). The van der Waals surface area contributed by atoms with Gasteiger partial charge in [-0.25, -0.2) is 0 Å². The molecule has 4 heteroatoms. The Labute approximate surface area is 129 Å². The summed E-state index contributed by atoms with van der Waals surface area (Å²) < 4.78 is 7.36. The molecule has 21 heavy (non-hydrogen) atoms. The average Bonchev–Trinajstić information content (AvgIpc) is 2.83. The van der Waals surface area contributed by atoms with Crippen molar-refractivity contribution in [1.82, 2.24) is 14.7 Å². The second-order valence-electron chi connectivity index (χ2n) is 6.23. The lowest BCUT2D eigenvalue weighted by Gasteiger charge is -2.35. The fourth-order valence-electron chi connectivity index (χ4n) is 3.35. The zero-order valence-corrected chi connectivity index (χ0v) is 14.0. The number of rotatable bonds is 8. The number of likely N-dealkylation sites (tertiary alicyclic amines) is 1. The summed E-state index contributed by atoms with van der Waals surface area (Å²) in [5.74, 6) is 0. The van der Waals surface area contributed by atoms with Crippen molar-refractivity contribution in [2.45, 2.75) is 71.5 Å². The number of ether oxygens (including phenoxy) is 1. The standard InChI is InChI=1S/C17H31N3O/c1-4-10-20-15(2)16(13-18-20)14-19-11-6-5-8-17(19)9-7-12-21-3/h13,17H,4-12,14H2,1-3H3/t17-/m1/s1.